The van der Waals surface area contributed by atoms with Gasteiger partial charge < -0.3 is 8.83 Å². The molecule has 28 heavy (non-hydrogen) atoms. The summed E-state index contributed by atoms with van der Waals surface area (Å²) in [5.41, 5.74) is 2.22. The summed E-state index contributed by atoms with van der Waals surface area (Å²) in [5.74, 6) is 2.12. The third kappa shape index (κ3) is 3.13. The Labute approximate surface area is 165 Å². The molecule has 2 aliphatic carbocycles. The Kier molecular flexibility index (Phi) is 4.67. The van der Waals surface area contributed by atoms with Crippen LogP contribution in [0.2, 0.25) is 0 Å². The van der Waals surface area contributed by atoms with Crippen LogP contribution >= 0.6 is 0 Å². The molecule has 2 saturated carbocycles. The molecule has 5 rings (SSSR count). The highest BCUT2D eigenvalue weighted by Gasteiger charge is 2.46. The zero-order chi connectivity index (χ0) is 18.9. The number of hydrogen-bond acceptors (Lipinski definition) is 4. The molecule has 1 aliphatic heterocycles. The van der Waals surface area contributed by atoms with Crippen LogP contribution in [0.4, 0.5) is 0 Å². The van der Waals surface area contributed by atoms with Crippen molar-refractivity contribution in [3.63, 3.8) is 0 Å². The quantitative estimate of drug-likeness (QED) is 0.701. The Hall–Kier alpha value is -2.56. The third-order valence-corrected chi connectivity index (χ3v) is 6.38. The molecule has 146 valence electrons. The number of amides is 1. The topological polar surface area (TPSA) is 59.0 Å². The van der Waals surface area contributed by atoms with Gasteiger partial charge >= 0.3 is 0 Å². The maximum absolute atomic E-state index is 13.4. The van der Waals surface area contributed by atoms with Gasteiger partial charge in [-0.2, -0.15) is 5.10 Å². The van der Waals surface area contributed by atoms with E-state index in [0.717, 1.165) is 62.2 Å². The molecule has 0 saturated heterocycles. The second-order valence-corrected chi connectivity index (χ2v) is 8.15. The van der Waals surface area contributed by atoms with E-state index in [1.165, 1.54) is 12.0 Å². The lowest BCUT2D eigenvalue weighted by Crippen LogP contribution is -2.36. The van der Waals surface area contributed by atoms with Gasteiger partial charge in [0, 0.05) is 11.8 Å². The van der Waals surface area contributed by atoms with Crippen molar-refractivity contribution in [2.45, 2.75) is 57.4 Å². The smallest absolute Gasteiger partial charge is 0.246 e. The predicted octanol–water partition coefficient (Wildman–Crippen LogP) is 5.58. The molecule has 2 fully saturated rings. The summed E-state index contributed by atoms with van der Waals surface area (Å²) >= 11 is 0. The van der Waals surface area contributed by atoms with Crippen molar-refractivity contribution in [2.24, 2.45) is 16.9 Å². The summed E-state index contributed by atoms with van der Waals surface area (Å²) in [6.45, 7) is 0. The van der Waals surface area contributed by atoms with Crippen molar-refractivity contribution in [2.75, 3.05) is 0 Å². The second-order valence-electron chi connectivity index (χ2n) is 8.15. The molecule has 0 bridgehead atoms. The molecule has 0 radical (unpaired) electrons. The molecule has 3 aliphatic rings. The fourth-order valence-corrected chi connectivity index (χ4v) is 5.00. The summed E-state index contributed by atoms with van der Waals surface area (Å²) in [6.07, 6.45) is 14.0. The molecule has 2 aromatic heterocycles. The number of hydrogen-bond donors (Lipinski definition) is 0. The van der Waals surface area contributed by atoms with E-state index in [1.54, 1.807) is 17.5 Å². The average Bonchev–Trinajstić information content (AvgIpc) is 3.48. The number of rotatable bonds is 3. The molecule has 3 heterocycles. The van der Waals surface area contributed by atoms with E-state index in [4.69, 9.17) is 13.9 Å². The standard InChI is InChI=1S/C23H26N2O3/c26-23(16-7-2-1-3-8-16)25-22(20-12-6-14-28-20)19-11-4-9-17(21(19)24-25)15-18-10-5-13-27-18/h5-6,10,12-16,19,22H,1-4,7-9,11H2/b17-15-/t19-,22+/m0/s1. The first kappa shape index (κ1) is 17.5. The molecular weight excluding hydrogens is 352 g/mol. The minimum Gasteiger partial charge on any atom is -0.467 e. The van der Waals surface area contributed by atoms with E-state index in [-0.39, 0.29) is 23.8 Å². The van der Waals surface area contributed by atoms with E-state index < -0.39 is 0 Å². The summed E-state index contributed by atoms with van der Waals surface area (Å²) in [6, 6.07) is 7.61. The number of hydrazone groups is 1. The average molecular weight is 378 g/mol. The molecule has 2 atom stereocenters. The van der Waals surface area contributed by atoms with Crippen LogP contribution in [0, 0.1) is 11.8 Å². The van der Waals surface area contributed by atoms with E-state index in [1.807, 2.05) is 24.3 Å². The number of allylic oxidation sites excluding steroid dienone is 1. The number of carbonyl (C=O) groups is 1. The lowest BCUT2D eigenvalue weighted by Gasteiger charge is -2.30. The van der Waals surface area contributed by atoms with E-state index in [9.17, 15) is 4.79 Å². The van der Waals surface area contributed by atoms with Crippen molar-refractivity contribution in [1.29, 1.82) is 0 Å². The lowest BCUT2D eigenvalue weighted by atomic mass is 9.79. The first-order valence-corrected chi connectivity index (χ1v) is 10.5. The van der Waals surface area contributed by atoms with Gasteiger partial charge in [-0.1, -0.05) is 19.3 Å². The fraction of sp³-hybridized carbons (Fsp3) is 0.478. The SMILES string of the molecule is O=C(C1CCCCC1)N1N=C2/C(=C\c3ccco3)CCC[C@@H]2[C@@H]1c1ccco1. The van der Waals surface area contributed by atoms with E-state index in [2.05, 4.69) is 6.08 Å². The third-order valence-electron chi connectivity index (χ3n) is 6.38. The van der Waals surface area contributed by atoms with Crippen LogP contribution in [-0.4, -0.2) is 16.6 Å². The van der Waals surface area contributed by atoms with Crippen LogP contribution < -0.4 is 0 Å². The molecular formula is C23H26N2O3. The van der Waals surface area contributed by atoms with Gasteiger partial charge in [-0.15, -0.1) is 0 Å². The number of furan rings is 2. The lowest BCUT2D eigenvalue weighted by molar-refractivity contribution is -0.139. The van der Waals surface area contributed by atoms with Gasteiger partial charge in [0.15, 0.2) is 0 Å². The monoisotopic (exact) mass is 378 g/mol. The maximum Gasteiger partial charge on any atom is 0.246 e. The highest BCUT2D eigenvalue weighted by Crippen LogP contribution is 2.45. The molecule has 1 amide bonds. The highest BCUT2D eigenvalue weighted by molar-refractivity contribution is 6.08. The molecule has 2 aromatic rings. The Balaban J connectivity index is 1.51. The molecule has 0 spiro atoms. The second kappa shape index (κ2) is 7.46. The Morgan fingerprint density at radius 3 is 2.61 bits per heavy atom. The minimum atomic E-state index is -0.125. The van der Waals surface area contributed by atoms with Crippen molar-refractivity contribution in [3.8, 4) is 0 Å². The number of nitrogens with zero attached hydrogens (tertiary/aromatic N) is 2. The van der Waals surface area contributed by atoms with Crippen LogP contribution in [0.15, 0.2) is 56.3 Å². The van der Waals surface area contributed by atoms with Crippen LogP contribution in [-0.2, 0) is 4.79 Å². The van der Waals surface area contributed by atoms with Crippen molar-refractivity contribution in [3.05, 3.63) is 53.9 Å². The van der Waals surface area contributed by atoms with E-state index in [0.29, 0.717) is 0 Å². The molecule has 0 aromatic carbocycles. The first-order valence-electron chi connectivity index (χ1n) is 10.5. The maximum atomic E-state index is 13.4. The normalized spacial score (nSPS) is 27.1. The van der Waals surface area contributed by atoms with Crippen molar-refractivity contribution in [1.82, 2.24) is 5.01 Å². The van der Waals surface area contributed by atoms with Gasteiger partial charge in [0.1, 0.15) is 17.6 Å². The number of fused-ring (bicyclic) bond motifs is 1. The van der Waals surface area contributed by atoms with Gasteiger partial charge in [-0.3, -0.25) is 4.79 Å². The van der Waals surface area contributed by atoms with Gasteiger partial charge in [0.2, 0.25) is 5.91 Å². The van der Waals surface area contributed by atoms with Crippen molar-refractivity contribution < 1.29 is 13.6 Å². The van der Waals surface area contributed by atoms with Crippen LogP contribution in [0.1, 0.15) is 68.9 Å². The summed E-state index contributed by atoms with van der Waals surface area (Å²) in [5, 5.41) is 6.68. The zero-order valence-electron chi connectivity index (χ0n) is 16.0. The van der Waals surface area contributed by atoms with Crippen LogP contribution in [0.5, 0.6) is 0 Å². The van der Waals surface area contributed by atoms with Gasteiger partial charge in [0.05, 0.1) is 18.2 Å². The molecule has 0 unspecified atom stereocenters. The van der Waals surface area contributed by atoms with Gasteiger partial charge in [-0.05, 0) is 68.0 Å². The highest BCUT2D eigenvalue weighted by atomic mass is 16.3. The molecule has 5 nitrogen and oxygen atoms in total. The fourth-order valence-electron chi connectivity index (χ4n) is 5.00. The Morgan fingerprint density at radius 2 is 1.86 bits per heavy atom. The summed E-state index contributed by atoms with van der Waals surface area (Å²) < 4.78 is 11.3. The first-order chi connectivity index (χ1) is 13.8. The minimum absolute atomic E-state index is 0.0909. The Morgan fingerprint density at radius 1 is 1.04 bits per heavy atom. The molecule has 0 N–H and O–H groups in total. The van der Waals surface area contributed by atoms with Gasteiger partial charge in [-0.25, -0.2) is 5.01 Å². The van der Waals surface area contributed by atoms with Gasteiger partial charge in [0.25, 0.3) is 0 Å². The summed E-state index contributed by atoms with van der Waals surface area (Å²) in [7, 11) is 0. The van der Waals surface area contributed by atoms with E-state index >= 15 is 0 Å². The predicted molar refractivity (Wildman–Crippen MR) is 106 cm³/mol. The molecule has 5 heteroatoms. The van der Waals surface area contributed by atoms with Crippen molar-refractivity contribution >= 4 is 17.7 Å². The number of carbonyl (C=O) groups excluding carboxylic acids is 1. The van der Waals surface area contributed by atoms with Crippen LogP contribution in [0.3, 0.4) is 0 Å². The zero-order valence-corrected chi connectivity index (χ0v) is 16.0. The summed E-state index contributed by atoms with van der Waals surface area (Å²) in [4.78, 5) is 13.4. The van der Waals surface area contributed by atoms with Crippen LogP contribution in [0.25, 0.3) is 6.08 Å². The Bertz CT molecular complexity index is 873. The largest absolute Gasteiger partial charge is 0.467 e.